The molecule has 41 heavy (non-hydrogen) atoms. The van der Waals surface area contributed by atoms with Crippen molar-refractivity contribution in [2.45, 2.75) is 32.7 Å². The van der Waals surface area contributed by atoms with Crippen molar-refractivity contribution >= 4 is 23.3 Å². The minimum absolute atomic E-state index is 0.0791. The smallest absolute Gasteiger partial charge is 0.322 e. The van der Waals surface area contributed by atoms with Gasteiger partial charge >= 0.3 is 6.03 Å². The Hall–Kier alpha value is -4.72. The van der Waals surface area contributed by atoms with Gasteiger partial charge in [0.1, 0.15) is 24.1 Å². The predicted octanol–water partition coefficient (Wildman–Crippen LogP) is 6.57. The number of aryl methyl sites for hydroxylation is 1. The summed E-state index contributed by atoms with van der Waals surface area (Å²) in [7, 11) is 3.12. The number of ether oxygens (including phenoxy) is 2. The zero-order valence-corrected chi connectivity index (χ0v) is 24.0. The van der Waals surface area contributed by atoms with E-state index in [4.69, 9.17) is 9.47 Å². The normalized spacial score (nSPS) is 13.7. The Kier molecular flexibility index (Phi) is 8.29. The van der Waals surface area contributed by atoms with E-state index in [1.807, 2.05) is 47.5 Å². The van der Waals surface area contributed by atoms with Gasteiger partial charge in [-0.25, -0.2) is 4.79 Å². The van der Waals surface area contributed by atoms with Crippen LogP contribution in [0.4, 0.5) is 16.2 Å². The maximum absolute atomic E-state index is 14.3. The molecule has 2 heterocycles. The number of fused-ring (bicyclic) bond motifs is 3. The Morgan fingerprint density at radius 3 is 2.32 bits per heavy atom. The minimum atomic E-state index is -0.358. The van der Waals surface area contributed by atoms with Crippen LogP contribution in [0.15, 0.2) is 85.1 Å². The van der Waals surface area contributed by atoms with Crippen molar-refractivity contribution in [3.8, 4) is 17.2 Å². The maximum atomic E-state index is 14.3. The molecule has 1 unspecified atom stereocenters. The topological polar surface area (TPSA) is 76.0 Å². The third kappa shape index (κ3) is 5.77. The number of anilines is 2. The lowest BCUT2D eigenvalue weighted by molar-refractivity contribution is -0.119. The summed E-state index contributed by atoms with van der Waals surface area (Å²) in [5, 5.41) is 2.94. The highest BCUT2D eigenvalue weighted by Gasteiger charge is 2.37. The molecule has 1 aromatic heterocycles. The molecular weight excluding hydrogens is 516 g/mol. The van der Waals surface area contributed by atoms with Gasteiger partial charge in [-0.05, 0) is 43.2 Å². The summed E-state index contributed by atoms with van der Waals surface area (Å²) in [5.74, 6) is 0.959. The number of aromatic nitrogens is 1. The predicted molar refractivity (Wildman–Crippen MR) is 161 cm³/mol. The Morgan fingerprint density at radius 2 is 1.63 bits per heavy atom. The van der Waals surface area contributed by atoms with Crippen LogP contribution in [-0.2, 0) is 4.79 Å². The average molecular weight is 553 g/mol. The number of nitrogens with zero attached hydrogens (tertiary/aromatic N) is 3. The van der Waals surface area contributed by atoms with Crippen molar-refractivity contribution in [3.63, 3.8) is 0 Å². The molecular formula is C33H36N4O4. The average Bonchev–Trinajstić information content (AvgIpc) is 3.48. The summed E-state index contributed by atoms with van der Waals surface area (Å²) < 4.78 is 12.9. The summed E-state index contributed by atoms with van der Waals surface area (Å²) in [6.07, 6.45) is 3.68. The molecule has 0 aliphatic carbocycles. The second-order valence-corrected chi connectivity index (χ2v) is 10.2. The van der Waals surface area contributed by atoms with Gasteiger partial charge in [-0.2, -0.15) is 0 Å². The van der Waals surface area contributed by atoms with E-state index in [2.05, 4.69) is 48.0 Å². The van der Waals surface area contributed by atoms with Crippen molar-refractivity contribution < 1.29 is 19.1 Å². The molecule has 0 saturated heterocycles. The van der Waals surface area contributed by atoms with Gasteiger partial charge in [0, 0.05) is 36.6 Å². The lowest BCUT2D eigenvalue weighted by atomic mass is 9.96. The van der Waals surface area contributed by atoms with Gasteiger partial charge in [0.15, 0.2) is 0 Å². The van der Waals surface area contributed by atoms with Gasteiger partial charge < -0.3 is 24.3 Å². The number of hydrogen-bond acceptors (Lipinski definition) is 4. The molecule has 0 saturated carbocycles. The SMILES string of the molecule is CCCCN(CC(=O)N1c2ccccc2-n2cccc2C1c1cccc(C)c1)C(=O)Nc1cc(OC)cc(OC)c1. The van der Waals surface area contributed by atoms with E-state index >= 15 is 0 Å². The Morgan fingerprint density at radius 1 is 0.902 bits per heavy atom. The number of methoxy groups -OCH3 is 2. The molecule has 8 heteroatoms. The first-order chi connectivity index (χ1) is 19.9. The molecule has 1 N–H and O–H groups in total. The first-order valence-corrected chi connectivity index (χ1v) is 13.9. The van der Waals surface area contributed by atoms with Crippen molar-refractivity contribution in [2.75, 3.05) is 37.5 Å². The van der Waals surface area contributed by atoms with Gasteiger partial charge in [-0.1, -0.05) is 55.3 Å². The number of hydrogen-bond donors (Lipinski definition) is 1. The number of amides is 3. The van der Waals surface area contributed by atoms with Crippen molar-refractivity contribution in [1.82, 2.24) is 9.47 Å². The molecule has 0 bridgehead atoms. The zero-order valence-electron chi connectivity index (χ0n) is 24.0. The molecule has 3 aromatic carbocycles. The zero-order chi connectivity index (χ0) is 28.9. The molecule has 1 aliphatic rings. The monoisotopic (exact) mass is 552 g/mol. The van der Waals surface area contributed by atoms with Gasteiger partial charge in [0.05, 0.1) is 31.3 Å². The molecule has 1 atom stereocenters. The number of carbonyl (C=O) groups is 2. The highest BCUT2D eigenvalue weighted by Crippen LogP contribution is 2.42. The van der Waals surface area contributed by atoms with E-state index in [0.29, 0.717) is 23.7 Å². The van der Waals surface area contributed by atoms with Crippen molar-refractivity contribution in [2.24, 2.45) is 0 Å². The molecule has 4 aromatic rings. The van der Waals surface area contributed by atoms with Crippen LogP contribution in [0.2, 0.25) is 0 Å². The van der Waals surface area contributed by atoms with E-state index < -0.39 is 0 Å². The minimum Gasteiger partial charge on any atom is -0.497 e. The van der Waals surface area contributed by atoms with Crippen LogP contribution < -0.4 is 19.7 Å². The Balaban J connectivity index is 1.49. The number of urea groups is 1. The van der Waals surface area contributed by atoms with Crippen LogP contribution in [0.3, 0.4) is 0 Å². The number of unbranched alkanes of at least 4 members (excludes halogenated alkanes) is 1. The van der Waals surface area contributed by atoms with Crippen LogP contribution in [0.1, 0.15) is 42.6 Å². The molecule has 0 spiro atoms. The molecule has 1 aliphatic heterocycles. The molecule has 0 radical (unpaired) electrons. The Bertz CT molecular complexity index is 1520. The first-order valence-electron chi connectivity index (χ1n) is 13.9. The Labute approximate surface area is 241 Å². The quantitative estimate of drug-likeness (QED) is 0.255. The highest BCUT2D eigenvalue weighted by atomic mass is 16.5. The second kappa shape index (κ2) is 12.2. The van der Waals surface area contributed by atoms with Crippen LogP contribution in [0, 0.1) is 6.92 Å². The summed E-state index contributed by atoms with van der Waals surface area (Å²) in [5.41, 5.74) is 5.39. The van der Waals surface area contributed by atoms with Crippen LogP contribution >= 0.6 is 0 Å². The number of benzene rings is 3. The third-order valence-electron chi connectivity index (χ3n) is 7.34. The summed E-state index contributed by atoms with van der Waals surface area (Å²) in [6, 6.07) is 24.7. The van der Waals surface area contributed by atoms with Crippen LogP contribution in [0.5, 0.6) is 11.5 Å². The van der Waals surface area contributed by atoms with Crippen molar-refractivity contribution in [3.05, 3.63) is 102 Å². The number of para-hydroxylation sites is 2. The molecule has 5 rings (SSSR count). The first kappa shape index (κ1) is 27.8. The van der Waals surface area contributed by atoms with Crippen LogP contribution in [-0.4, -0.2) is 48.7 Å². The van der Waals surface area contributed by atoms with E-state index in [1.165, 1.54) is 0 Å². The van der Waals surface area contributed by atoms with E-state index in [0.717, 1.165) is 41.0 Å². The lowest BCUT2D eigenvalue weighted by Gasteiger charge is -2.39. The summed E-state index contributed by atoms with van der Waals surface area (Å²) >= 11 is 0. The summed E-state index contributed by atoms with van der Waals surface area (Å²) in [4.78, 5) is 31.4. The molecule has 0 fully saturated rings. The number of carbonyl (C=O) groups excluding carboxylic acids is 2. The largest absolute Gasteiger partial charge is 0.497 e. The van der Waals surface area contributed by atoms with Gasteiger partial charge in [-0.15, -0.1) is 0 Å². The van der Waals surface area contributed by atoms with Gasteiger partial charge in [0.2, 0.25) is 5.91 Å². The lowest BCUT2D eigenvalue weighted by Crippen LogP contribution is -2.48. The van der Waals surface area contributed by atoms with E-state index in [9.17, 15) is 9.59 Å². The fraction of sp³-hybridized carbons (Fsp3) is 0.273. The molecule has 3 amide bonds. The maximum Gasteiger partial charge on any atom is 0.322 e. The van der Waals surface area contributed by atoms with Crippen LogP contribution in [0.25, 0.3) is 5.69 Å². The number of rotatable bonds is 9. The number of nitrogens with one attached hydrogen (secondary N) is 1. The highest BCUT2D eigenvalue weighted by molar-refractivity contribution is 6.01. The molecule has 8 nitrogen and oxygen atoms in total. The standard InChI is InChI=1S/C33H36N4O4/c1-5-6-16-35(33(39)34-25-19-26(40-3)21-27(20-25)41-4)22-31(38)37-29-14-8-7-13-28(29)36-17-10-15-30(36)32(37)24-12-9-11-23(2)18-24/h7-15,17-21,32H,5-6,16,22H2,1-4H3,(H,34,39). The van der Waals surface area contributed by atoms with Gasteiger partial charge in [0.25, 0.3) is 0 Å². The van der Waals surface area contributed by atoms with E-state index in [-0.39, 0.29) is 24.5 Å². The third-order valence-corrected chi connectivity index (χ3v) is 7.34. The second-order valence-electron chi connectivity index (χ2n) is 10.2. The van der Waals surface area contributed by atoms with E-state index in [1.54, 1.807) is 37.3 Å². The fourth-order valence-corrected chi connectivity index (χ4v) is 5.34. The van der Waals surface area contributed by atoms with Gasteiger partial charge in [-0.3, -0.25) is 9.69 Å². The summed E-state index contributed by atoms with van der Waals surface area (Å²) in [6.45, 7) is 4.48. The molecule has 212 valence electrons. The fourth-order valence-electron chi connectivity index (χ4n) is 5.34. The van der Waals surface area contributed by atoms with Crippen molar-refractivity contribution in [1.29, 1.82) is 0 Å².